The first-order chi connectivity index (χ1) is 7.81. The number of carbonyl (C=O) groups is 1. The van der Waals surface area contributed by atoms with Crippen LogP contribution in [-0.4, -0.2) is 25.0 Å². The van der Waals surface area contributed by atoms with Gasteiger partial charge in [0, 0.05) is 5.56 Å². The highest BCUT2D eigenvalue weighted by Gasteiger charge is 2.26. The summed E-state index contributed by atoms with van der Waals surface area (Å²) in [5, 5.41) is 2.10. The van der Waals surface area contributed by atoms with Crippen molar-refractivity contribution in [2.75, 3.05) is 13.1 Å². The number of aryl methyl sites for hydroxylation is 1. The van der Waals surface area contributed by atoms with Crippen molar-refractivity contribution in [2.24, 2.45) is 0 Å². The molecular weight excluding hydrogens is 231 g/mol. The molecule has 1 aromatic carbocycles. The predicted molar refractivity (Wildman–Crippen MR) is 59.2 cm³/mol. The molecule has 0 saturated heterocycles. The Balaban J connectivity index is 2.62. The Bertz CT molecular complexity index is 413. The van der Waals surface area contributed by atoms with E-state index in [1.807, 2.05) is 13.0 Å². The van der Waals surface area contributed by atoms with E-state index in [2.05, 4.69) is 5.32 Å². The maximum absolute atomic E-state index is 11.9. The third-order valence-corrected chi connectivity index (χ3v) is 2.52. The van der Waals surface area contributed by atoms with Crippen molar-refractivity contribution in [3.8, 4) is 0 Å². The number of rotatable bonds is 4. The van der Waals surface area contributed by atoms with Crippen LogP contribution in [0.25, 0.3) is 0 Å². The fourth-order valence-corrected chi connectivity index (χ4v) is 1.47. The minimum Gasteiger partial charge on any atom is -0.302 e. The summed E-state index contributed by atoms with van der Waals surface area (Å²) >= 11 is 0. The highest BCUT2D eigenvalue weighted by Crippen LogP contribution is 2.14. The molecule has 0 aliphatic heterocycles. The molecule has 0 fully saturated rings. The van der Waals surface area contributed by atoms with Crippen LogP contribution < -0.4 is 5.32 Å². The number of hydrogen-bond acceptors (Lipinski definition) is 2. The molecule has 0 aliphatic carbocycles. The van der Waals surface area contributed by atoms with Crippen LogP contribution in [0.15, 0.2) is 18.2 Å². The number of carbonyl (C=O) groups excluding carboxylic acids is 1. The van der Waals surface area contributed by atoms with E-state index in [0.29, 0.717) is 5.56 Å². The van der Waals surface area contributed by atoms with Gasteiger partial charge >= 0.3 is 6.18 Å². The fraction of sp³-hybridized carbons (Fsp3) is 0.417. The van der Waals surface area contributed by atoms with E-state index in [1.165, 1.54) is 0 Å². The average Bonchev–Trinajstić information content (AvgIpc) is 2.20. The molecular formula is C12H14F3NO. The van der Waals surface area contributed by atoms with E-state index in [9.17, 15) is 18.0 Å². The Morgan fingerprint density at radius 3 is 2.53 bits per heavy atom. The van der Waals surface area contributed by atoms with Crippen LogP contribution in [0.2, 0.25) is 0 Å². The van der Waals surface area contributed by atoms with Gasteiger partial charge in [-0.2, -0.15) is 13.2 Å². The molecule has 0 aliphatic rings. The Morgan fingerprint density at radius 1 is 1.29 bits per heavy atom. The smallest absolute Gasteiger partial charge is 0.302 e. The highest BCUT2D eigenvalue weighted by atomic mass is 19.4. The zero-order valence-corrected chi connectivity index (χ0v) is 9.69. The van der Waals surface area contributed by atoms with Crippen molar-refractivity contribution < 1.29 is 18.0 Å². The van der Waals surface area contributed by atoms with Gasteiger partial charge in [-0.25, -0.2) is 0 Å². The van der Waals surface area contributed by atoms with Crippen LogP contribution in [0.3, 0.4) is 0 Å². The lowest BCUT2D eigenvalue weighted by Gasteiger charge is -2.10. The van der Waals surface area contributed by atoms with Gasteiger partial charge in [-0.05, 0) is 25.0 Å². The summed E-state index contributed by atoms with van der Waals surface area (Å²) in [5.74, 6) is -0.324. The van der Waals surface area contributed by atoms with Crippen molar-refractivity contribution in [2.45, 2.75) is 20.0 Å². The molecule has 0 radical (unpaired) electrons. The molecule has 0 unspecified atom stereocenters. The van der Waals surface area contributed by atoms with Crippen LogP contribution in [0.4, 0.5) is 13.2 Å². The van der Waals surface area contributed by atoms with E-state index < -0.39 is 12.7 Å². The highest BCUT2D eigenvalue weighted by molar-refractivity contribution is 5.99. The summed E-state index contributed by atoms with van der Waals surface area (Å²) in [6.45, 7) is 2.19. The maximum atomic E-state index is 11.9. The summed E-state index contributed by atoms with van der Waals surface area (Å²) in [5.41, 5.74) is 2.23. The molecule has 2 nitrogen and oxygen atoms in total. The molecule has 0 bridgehead atoms. The van der Waals surface area contributed by atoms with E-state index in [-0.39, 0.29) is 12.3 Å². The summed E-state index contributed by atoms with van der Waals surface area (Å²) in [6.07, 6.45) is -4.29. The van der Waals surface area contributed by atoms with Crippen molar-refractivity contribution in [1.29, 1.82) is 0 Å². The number of nitrogens with one attached hydrogen (secondary N) is 1. The van der Waals surface area contributed by atoms with E-state index in [1.54, 1.807) is 19.1 Å². The monoisotopic (exact) mass is 245 g/mol. The first kappa shape index (κ1) is 13.7. The maximum Gasteiger partial charge on any atom is 0.401 e. The van der Waals surface area contributed by atoms with Gasteiger partial charge in [0.05, 0.1) is 13.1 Å². The standard InChI is InChI=1S/C12H14F3NO/c1-8-4-3-5-10(9(8)2)11(17)6-16-7-12(13,14)15/h3-5,16H,6-7H2,1-2H3. The van der Waals surface area contributed by atoms with Crippen molar-refractivity contribution in [3.05, 3.63) is 34.9 Å². The van der Waals surface area contributed by atoms with Crippen LogP contribution >= 0.6 is 0 Å². The Hall–Kier alpha value is -1.36. The normalized spacial score (nSPS) is 11.6. The summed E-state index contributed by atoms with van der Waals surface area (Å²) in [4.78, 5) is 11.7. The number of benzene rings is 1. The quantitative estimate of drug-likeness (QED) is 0.826. The van der Waals surface area contributed by atoms with Crippen molar-refractivity contribution in [1.82, 2.24) is 5.32 Å². The number of halogens is 3. The van der Waals surface area contributed by atoms with Gasteiger partial charge in [-0.1, -0.05) is 18.2 Å². The molecule has 0 atom stereocenters. The Kier molecular flexibility index (Phi) is 4.28. The van der Waals surface area contributed by atoms with Gasteiger partial charge in [-0.3, -0.25) is 4.79 Å². The largest absolute Gasteiger partial charge is 0.401 e. The Labute approximate surface area is 97.8 Å². The first-order valence-corrected chi connectivity index (χ1v) is 5.18. The van der Waals surface area contributed by atoms with Gasteiger partial charge in [-0.15, -0.1) is 0 Å². The van der Waals surface area contributed by atoms with Crippen molar-refractivity contribution >= 4 is 5.78 Å². The topological polar surface area (TPSA) is 29.1 Å². The van der Waals surface area contributed by atoms with E-state index >= 15 is 0 Å². The van der Waals surface area contributed by atoms with Crippen LogP contribution in [-0.2, 0) is 0 Å². The molecule has 1 rings (SSSR count). The van der Waals surface area contributed by atoms with E-state index in [4.69, 9.17) is 0 Å². The van der Waals surface area contributed by atoms with Gasteiger partial charge in [0.2, 0.25) is 0 Å². The third kappa shape index (κ3) is 4.19. The zero-order chi connectivity index (χ0) is 13.1. The average molecular weight is 245 g/mol. The molecule has 0 heterocycles. The second-order valence-electron chi connectivity index (χ2n) is 3.89. The SMILES string of the molecule is Cc1cccc(C(=O)CNCC(F)(F)F)c1C. The Morgan fingerprint density at radius 2 is 1.94 bits per heavy atom. The zero-order valence-electron chi connectivity index (χ0n) is 9.69. The number of Topliss-reactive ketones (excluding diaryl/α,β-unsaturated/α-hetero) is 1. The molecule has 0 amide bonds. The number of alkyl halides is 3. The third-order valence-electron chi connectivity index (χ3n) is 2.52. The number of hydrogen-bond donors (Lipinski definition) is 1. The molecule has 1 aromatic rings. The van der Waals surface area contributed by atoms with Gasteiger partial charge < -0.3 is 5.32 Å². The van der Waals surface area contributed by atoms with Gasteiger partial charge in [0.25, 0.3) is 0 Å². The summed E-state index contributed by atoms with van der Waals surface area (Å²) in [7, 11) is 0. The van der Waals surface area contributed by atoms with E-state index in [0.717, 1.165) is 11.1 Å². The lowest BCUT2D eigenvalue weighted by molar-refractivity contribution is -0.124. The molecule has 1 N–H and O–H groups in total. The van der Waals surface area contributed by atoms with Gasteiger partial charge in [0.1, 0.15) is 0 Å². The van der Waals surface area contributed by atoms with Crippen LogP contribution in [0.1, 0.15) is 21.5 Å². The predicted octanol–water partition coefficient (Wildman–Crippen LogP) is 2.64. The summed E-state index contributed by atoms with van der Waals surface area (Å²) in [6, 6.07) is 5.20. The molecule has 0 aromatic heterocycles. The second-order valence-corrected chi connectivity index (χ2v) is 3.89. The summed E-state index contributed by atoms with van der Waals surface area (Å²) < 4.78 is 35.6. The van der Waals surface area contributed by atoms with Crippen LogP contribution in [0.5, 0.6) is 0 Å². The van der Waals surface area contributed by atoms with Crippen molar-refractivity contribution in [3.63, 3.8) is 0 Å². The molecule has 5 heteroatoms. The lowest BCUT2D eigenvalue weighted by atomic mass is 10.0. The second kappa shape index (κ2) is 5.31. The first-order valence-electron chi connectivity index (χ1n) is 5.18. The molecule has 94 valence electrons. The molecule has 0 spiro atoms. The molecule has 17 heavy (non-hydrogen) atoms. The molecule has 0 saturated carbocycles. The lowest BCUT2D eigenvalue weighted by Crippen LogP contribution is -2.33. The van der Waals surface area contributed by atoms with Gasteiger partial charge in [0.15, 0.2) is 5.78 Å². The minimum atomic E-state index is -4.29. The minimum absolute atomic E-state index is 0.302. The fourth-order valence-electron chi connectivity index (χ4n) is 1.47. The van der Waals surface area contributed by atoms with Crippen LogP contribution in [0, 0.1) is 13.8 Å². The number of ketones is 1.